The molecule has 2 aromatic rings. The van der Waals surface area contributed by atoms with Crippen molar-refractivity contribution in [2.24, 2.45) is 0 Å². The predicted octanol–water partition coefficient (Wildman–Crippen LogP) is 2.84. The quantitative estimate of drug-likeness (QED) is 0.915. The largest absolute Gasteiger partial charge is 0.379 e. The van der Waals surface area contributed by atoms with Crippen LogP contribution in [0, 0.1) is 17.1 Å². The zero-order valence-corrected chi connectivity index (χ0v) is 10.3. The molecule has 1 heterocycles. The van der Waals surface area contributed by atoms with E-state index < -0.39 is 5.82 Å². The molecule has 0 amide bonds. The molecule has 1 aliphatic rings. The Kier molecular flexibility index (Phi) is 2.92. The molecule has 0 radical (unpaired) electrons. The van der Waals surface area contributed by atoms with E-state index in [4.69, 9.17) is 5.26 Å². The standard InChI is InChI=1S/C14H13FN4/c15-14-4-1-11(5-10(14)6-16)18-8-13-7-17-9-19(13)12-2-3-12/h1,4-5,7,9,12,18H,2-3,8H2. The lowest BCUT2D eigenvalue weighted by Gasteiger charge is -2.09. The number of halogens is 1. The maximum absolute atomic E-state index is 13.2. The van der Waals surface area contributed by atoms with E-state index >= 15 is 0 Å². The Balaban J connectivity index is 1.72. The van der Waals surface area contributed by atoms with Crippen molar-refractivity contribution < 1.29 is 4.39 Å². The molecule has 19 heavy (non-hydrogen) atoms. The molecule has 0 aliphatic heterocycles. The number of anilines is 1. The van der Waals surface area contributed by atoms with Crippen LogP contribution in [0.25, 0.3) is 0 Å². The molecule has 1 aromatic carbocycles. The summed E-state index contributed by atoms with van der Waals surface area (Å²) in [5.74, 6) is -0.490. The van der Waals surface area contributed by atoms with E-state index in [1.165, 1.54) is 25.0 Å². The first-order valence-electron chi connectivity index (χ1n) is 6.22. The second kappa shape index (κ2) is 4.73. The molecule has 0 unspecified atom stereocenters. The van der Waals surface area contributed by atoms with Gasteiger partial charge in [0.15, 0.2) is 0 Å². The fraction of sp³-hybridized carbons (Fsp3) is 0.286. The number of hydrogen-bond donors (Lipinski definition) is 1. The molecular formula is C14H13FN4. The van der Waals surface area contributed by atoms with Gasteiger partial charge in [-0.05, 0) is 31.0 Å². The zero-order valence-electron chi connectivity index (χ0n) is 10.3. The van der Waals surface area contributed by atoms with Crippen LogP contribution in [0.15, 0.2) is 30.7 Å². The molecule has 0 spiro atoms. The maximum atomic E-state index is 13.2. The van der Waals surface area contributed by atoms with Gasteiger partial charge in [-0.2, -0.15) is 5.26 Å². The van der Waals surface area contributed by atoms with Gasteiger partial charge in [0, 0.05) is 17.9 Å². The van der Waals surface area contributed by atoms with Crippen molar-refractivity contribution in [3.05, 3.63) is 47.8 Å². The van der Waals surface area contributed by atoms with E-state index in [9.17, 15) is 4.39 Å². The lowest BCUT2D eigenvalue weighted by atomic mass is 10.2. The molecule has 0 atom stereocenters. The average molecular weight is 256 g/mol. The first-order valence-corrected chi connectivity index (χ1v) is 6.22. The highest BCUT2D eigenvalue weighted by Crippen LogP contribution is 2.35. The smallest absolute Gasteiger partial charge is 0.141 e. The van der Waals surface area contributed by atoms with Crippen LogP contribution in [0.1, 0.15) is 30.1 Å². The Hall–Kier alpha value is -2.35. The second-order valence-corrected chi connectivity index (χ2v) is 4.68. The normalized spacial score (nSPS) is 14.1. The van der Waals surface area contributed by atoms with Crippen molar-refractivity contribution in [1.29, 1.82) is 5.26 Å². The molecule has 1 fully saturated rings. The van der Waals surface area contributed by atoms with E-state index in [0.717, 1.165) is 11.4 Å². The molecule has 3 rings (SSSR count). The maximum Gasteiger partial charge on any atom is 0.141 e. The van der Waals surface area contributed by atoms with Gasteiger partial charge in [-0.3, -0.25) is 0 Å². The van der Waals surface area contributed by atoms with Crippen molar-refractivity contribution in [2.75, 3.05) is 5.32 Å². The van der Waals surface area contributed by atoms with Gasteiger partial charge >= 0.3 is 0 Å². The van der Waals surface area contributed by atoms with Crippen LogP contribution in [0.5, 0.6) is 0 Å². The Morgan fingerprint density at radius 3 is 3.05 bits per heavy atom. The fourth-order valence-electron chi connectivity index (χ4n) is 2.06. The molecular weight excluding hydrogens is 243 g/mol. The topological polar surface area (TPSA) is 53.6 Å². The van der Waals surface area contributed by atoms with E-state index in [0.29, 0.717) is 12.6 Å². The number of imidazole rings is 1. The summed E-state index contributed by atoms with van der Waals surface area (Å²) < 4.78 is 15.4. The van der Waals surface area contributed by atoms with Gasteiger partial charge in [0.25, 0.3) is 0 Å². The van der Waals surface area contributed by atoms with Crippen molar-refractivity contribution in [3.63, 3.8) is 0 Å². The number of nitriles is 1. The van der Waals surface area contributed by atoms with Crippen LogP contribution in [-0.2, 0) is 6.54 Å². The molecule has 1 saturated carbocycles. The van der Waals surface area contributed by atoms with Crippen LogP contribution in [0.2, 0.25) is 0 Å². The molecule has 4 nitrogen and oxygen atoms in total. The van der Waals surface area contributed by atoms with Crippen molar-refractivity contribution in [1.82, 2.24) is 9.55 Å². The van der Waals surface area contributed by atoms with Crippen LogP contribution in [0.3, 0.4) is 0 Å². The van der Waals surface area contributed by atoms with Crippen molar-refractivity contribution in [3.8, 4) is 6.07 Å². The first-order chi connectivity index (χ1) is 9.28. The van der Waals surface area contributed by atoms with Gasteiger partial charge < -0.3 is 9.88 Å². The van der Waals surface area contributed by atoms with Gasteiger partial charge in [0.2, 0.25) is 0 Å². The SMILES string of the molecule is N#Cc1cc(NCc2cncn2C2CC2)ccc1F. The van der Waals surface area contributed by atoms with Gasteiger partial charge in [0.05, 0.1) is 24.1 Å². The van der Waals surface area contributed by atoms with E-state index in [-0.39, 0.29) is 5.56 Å². The Morgan fingerprint density at radius 2 is 2.32 bits per heavy atom. The number of rotatable bonds is 4. The van der Waals surface area contributed by atoms with E-state index in [1.807, 2.05) is 18.6 Å². The average Bonchev–Trinajstić information content (AvgIpc) is 3.17. The molecule has 0 saturated heterocycles. The van der Waals surface area contributed by atoms with Crippen molar-refractivity contribution in [2.45, 2.75) is 25.4 Å². The van der Waals surface area contributed by atoms with Gasteiger partial charge in [-0.15, -0.1) is 0 Å². The lowest BCUT2D eigenvalue weighted by Crippen LogP contribution is -2.06. The summed E-state index contributed by atoms with van der Waals surface area (Å²) in [4.78, 5) is 4.15. The molecule has 1 aromatic heterocycles. The zero-order chi connectivity index (χ0) is 13.2. The predicted molar refractivity (Wildman–Crippen MR) is 68.9 cm³/mol. The number of nitrogens with one attached hydrogen (secondary N) is 1. The lowest BCUT2D eigenvalue weighted by molar-refractivity contribution is 0.624. The summed E-state index contributed by atoms with van der Waals surface area (Å²) in [6.07, 6.45) is 6.09. The number of benzene rings is 1. The third-order valence-corrected chi connectivity index (χ3v) is 3.25. The first kappa shape index (κ1) is 11.7. The summed E-state index contributed by atoms with van der Waals surface area (Å²) in [6.45, 7) is 0.618. The van der Waals surface area contributed by atoms with E-state index in [1.54, 1.807) is 6.07 Å². The van der Waals surface area contributed by atoms with E-state index in [2.05, 4.69) is 14.9 Å². The van der Waals surface area contributed by atoms with Crippen molar-refractivity contribution >= 4 is 5.69 Å². The fourth-order valence-corrected chi connectivity index (χ4v) is 2.06. The molecule has 1 aliphatic carbocycles. The summed E-state index contributed by atoms with van der Waals surface area (Å²) in [5, 5.41) is 12.0. The Labute approximate surface area is 110 Å². The summed E-state index contributed by atoms with van der Waals surface area (Å²) >= 11 is 0. The molecule has 1 N–H and O–H groups in total. The Morgan fingerprint density at radius 1 is 1.47 bits per heavy atom. The highest BCUT2D eigenvalue weighted by Gasteiger charge is 2.24. The minimum atomic E-state index is -0.490. The summed E-state index contributed by atoms with van der Waals surface area (Å²) in [7, 11) is 0. The Bertz CT molecular complexity index is 637. The van der Waals surface area contributed by atoms with Crippen LogP contribution < -0.4 is 5.32 Å². The van der Waals surface area contributed by atoms with Crippen LogP contribution in [-0.4, -0.2) is 9.55 Å². The van der Waals surface area contributed by atoms with Crippen LogP contribution in [0.4, 0.5) is 10.1 Å². The van der Waals surface area contributed by atoms with Gasteiger partial charge in [-0.25, -0.2) is 9.37 Å². The number of nitrogens with zero attached hydrogens (tertiary/aromatic N) is 3. The molecule has 96 valence electrons. The van der Waals surface area contributed by atoms with Gasteiger partial charge in [-0.1, -0.05) is 0 Å². The third-order valence-electron chi connectivity index (χ3n) is 3.25. The summed E-state index contributed by atoms with van der Waals surface area (Å²) in [6, 6.07) is 6.88. The molecule has 5 heteroatoms. The second-order valence-electron chi connectivity index (χ2n) is 4.68. The summed E-state index contributed by atoms with van der Waals surface area (Å²) in [5.41, 5.74) is 1.90. The van der Waals surface area contributed by atoms with Gasteiger partial charge in [0.1, 0.15) is 11.9 Å². The molecule has 0 bridgehead atoms. The van der Waals surface area contributed by atoms with Crippen LogP contribution >= 0.6 is 0 Å². The number of hydrogen-bond acceptors (Lipinski definition) is 3. The highest BCUT2D eigenvalue weighted by molar-refractivity contribution is 5.49. The third kappa shape index (κ3) is 2.43. The number of aromatic nitrogens is 2. The minimum Gasteiger partial charge on any atom is -0.379 e. The monoisotopic (exact) mass is 256 g/mol. The highest BCUT2D eigenvalue weighted by atomic mass is 19.1. The minimum absolute atomic E-state index is 0.0562.